The molecule has 7 heteroatoms. The lowest BCUT2D eigenvalue weighted by Gasteiger charge is -2.33. The highest BCUT2D eigenvalue weighted by Crippen LogP contribution is 2.18. The van der Waals surface area contributed by atoms with Crippen molar-refractivity contribution in [1.29, 1.82) is 0 Å². The Bertz CT molecular complexity index is 603. The highest BCUT2D eigenvalue weighted by molar-refractivity contribution is 5.80. The van der Waals surface area contributed by atoms with Crippen LogP contribution < -0.4 is 5.32 Å². The van der Waals surface area contributed by atoms with Crippen LogP contribution in [0.25, 0.3) is 0 Å². The van der Waals surface area contributed by atoms with E-state index in [0.717, 1.165) is 50.7 Å². The van der Waals surface area contributed by atoms with Crippen molar-refractivity contribution in [3.05, 3.63) is 17.5 Å². The molecular formula is C18H31N5O2. The molecule has 1 fully saturated rings. The Labute approximate surface area is 150 Å². The number of nitrogens with one attached hydrogen (secondary N) is 1. The molecule has 0 amide bonds. The highest BCUT2D eigenvalue weighted by atomic mass is 16.5. The number of rotatable bonds is 5. The van der Waals surface area contributed by atoms with E-state index in [2.05, 4.69) is 44.9 Å². The maximum atomic E-state index is 11.6. The average molecular weight is 349 g/mol. The molecule has 0 spiro atoms. The summed E-state index contributed by atoms with van der Waals surface area (Å²) in [5.74, 6) is 1.26. The molecule has 0 aromatic carbocycles. The second-order valence-electron chi connectivity index (χ2n) is 6.93. The maximum Gasteiger partial charge on any atom is 0.308 e. The van der Waals surface area contributed by atoms with Crippen LogP contribution in [0.3, 0.4) is 0 Å². The molecule has 1 aliphatic rings. The minimum absolute atomic E-state index is 0.0179. The van der Waals surface area contributed by atoms with Gasteiger partial charge in [-0.2, -0.15) is 5.10 Å². The van der Waals surface area contributed by atoms with E-state index >= 15 is 0 Å². The van der Waals surface area contributed by atoms with Crippen LogP contribution >= 0.6 is 0 Å². The van der Waals surface area contributed by atoms with Crippen LogP contribution in [0.4, 0.5) is 0 Å². The fourth-order valence-electron chi connectivity index (χ4n) is 3.31. The molecule has 0 aliphatic carbocycles. The van der Waals surface area contributed by atoms with Crippen LogP contribution in [0.2, 0.25) is 0 Å². The molecule has 0 radical (unpaired) electrons. The fourth-order valence-corrected chi connectivity index (χ4v) is 3.31. The van der Waals surface area contributed by atoms with Crippen molar-refractivity contribution in [2.24, 2.45) is 16.8 Å². The minimum atomic E-state index is -0.0962. The summed E-state index contributed by atoms with van der Waals surface area (Å²) < 4.78 is 6.91. The number of piperidine rings is 1. The fraction of sp³-hybridized carbons (Fsp3) is 0.722. The molecule has 1 atom stereocenters. The van der Waals surface area contributed by atoms with E-state index in [0.29, 0.717) is 5.92 Å². The first kappa shape index (κ1) is 19.3. The van der Waals surface area contributed by atoms with Crippen molar-refractivity contribution in [3.63, 3.8) is 0 Å². The molecule has 0 bridgehead atoms. The van der Waals surface area contributed by atoms with E-state index in [4.69, 9.17) is 4.74 Å². The van der Waals surface area contributed by atoms with E-state index in [-0.39, 0.29) is 11.9 Å². The number of guanidine groups is 1. The van der Waals surface area contributed by atoms with Gasteiger partial charge in [-0.1, -0.05) is 6.92 Å². The molecule has 1 aliphatic heterocycles. The summed E-state index contributed by atoms with van der Waals surface area (Å²) in [4.78, 5) is 18.2. The monoisotopic (exact) mass is 349 g/mol. The van der Waals surface area contributed by atoms with Crippen molar-refractivity contribution >= 4 is 11.9 Å². The number of hydrogen-bond acceptors (Lipinski definition) is 4. The van der Waals surface area contributed by atoms with Crippen molar-refractivity contribution in [1.82, 2.24) is 20.0 Å². The number of ether oxygens (including phenoxy) is 1. The quantitative estimate of drug-likeness (QED) is 0.497. The molecular weight excluding hydrogens is 318 g/mol. The zero-order valence-electron chi connectivity index (χ0n) is 16.1. The summed E-state index contributed by atoms with van der Waals surface area (Å²) in [6.07, 6.45) is 1.63. The van der Waals surface area contributed by atoms with Crippen LogP contribution in [0.15, 0.2) is 11.1 Å². The molecule has 1 N–H and O–H groups in total. The number of aryl methyl sites for hydroxylation is 2. The van der Waals surface area contributed by atoms with Gasteiger partial charge in [-0.15, -0.1) is 0 Å². The van der Waals surface area contributed by atoms with Gasteiger partial charge in [0.2, 0.25) is 0 Å². The average Bonchev–Trinajstić information content (AvgIpc) is 2.92. The number of carbonyl (C=O) groups is 1. The molecule has 1 aromatic rings. The standard InChI is InChI=1S/C18H31N5O2/c1-13(12-23-15(3)10-14(2)21-23)11-20-18(19-4)22-8-6-16(7-9-22)17(24)25-5/h10,13,16H,6-9,11-12H2,1-5H3,(H,19,20). The summed E-state index contributed by atoms with van der Waals surface area (Å²) in [6, 6.07) is 2.10. The van der Waals surface area contributed by atoms with Gasteiger partial charge in [0, 0.05) is 38.9 Å². The number of likely N-dealkylation sites (tertiary alicyclic amines) is 1. The first-order valence-corrected chi connectivity index (χ1v) is 8.99. The third-order valence-electron chi connectivity index (χ3n) is 4.74. The Morgan fingerprint density at radius 2 is 2.12 bits per heavy atom. The van der Waals surface area contributed by atoms with Crippen LogP contribution in [0.1, 0.15) is 31.2 Å². The van der Waals surface area contributed by atoms with Gasteiger partial charge < -0.3 is 15.0 Å². The third-order valence-corrected chi connectivity index (χ3v) is 4.74. The largest absolute Gasteiger partial charge is 0.469 e. The normalized spacial score (nSPS) is 17.5. The van der Waals surface area contributed by atoms with E-state index < -0.39 is 0 Å². The van der Waals surface area contributed by atoms with Crippen molar-refractivity contribution in [2.75, 3.05) is 33.8 Å². The van der Waals surface area contributed by atoms with Gasteiger partial charge in [0.05, 0.1) is 18.7 Å². The molecule has 1 saturated heterocycles. The molecule has 1 unspecified atom stereocenters. The van der Waals surface area contributed by atoms with Crippen molar-refractivity contribution in [2.45, 2.75) is 40.2 Å². The Kier molecular flexibility index (Phi) is 6.84. The van der Waals surface area contributed by atoms with Gasteiger partial charge in [-0.25, -0.2) is 0 Å². The summed E-state index contributed by atoms with van der Waals surface area (Å²) in [5, 5.41) is 7.99. The van der Waals surface area contributed by atoms with Crippen molar-refractivity contribution < 1.29 is 9.53 Å². The highest BCUT2D eigenvalue weighted by Gasteiger charge is 2.27. The summed E-state index contributed by atoms with van der Waals surface area (Å²) in [5.41, 5.74) is 2.25. The lowest BCUT2D eigenvalue weighted by molar-refractivity contribution is -0.146. The first-order chi connectivity index (χ1) is 11.9. The van der Waals surface area contributed by atoms with Gasteiger partial charge in [0.15, 0.2) is 5.96 Å². The van der Waals surface area contributed by atoms with Crippen LogP contribution in [0.5, 0.6) is 0 Å². The van der Waals surface area contributed by atoms with Crippen LogP contribution in [-0.2, 0) is 16.1 Å². The number of nitrogens with zero attached hydrogens (tertiary/aromatic N) is 4. The number of carbonyl (C=O) groups excluding carboxylic acids is 1. The molecule has 7 nitrogen and oxygen atoms in total. The molecule has 140 valence electrons. The Morgan fingerprint density at radius 1 is 1.44 bits per heavy atom. The Morgan fingerprint density at radius 3 is 2.64 bits per heavy atom. The predicted molar refractivity (Wildman–Crippen MR) is 98.5 cm³/mol. The summed E-state index contributed by atoms with van der Waals surface area (Å²) in [7, 11) is 3.26. The molecule has 2 rings (SSSR count). The number of aliphatic imine (C=N–C) groups is 1. The summed E-state index contributed by atoms with van der Waals surface area (Å²) in [6.45, 7) is 9.68. The minimum Gasteiger partial charge on any atom is -0.469 e. The lowest BCUT2D eigenvalue weighted by Crippen LogP contribution is -2.47. The number of hydrogen-bond donors (Lipinski definition) is 1. The second kappa shape index (κ2) is 8.87. The number of aromatic nitrogens is 2. The van der Waals surface area contributed by atoms with Crippen LogP contribution in [0, 0.1) is 25.7 Å². The number of esters is 1. The topological polar surface area (TPSA) is 71.8 Å². The number of methoxy groups -OCH3 is 1. The smallest absolute Gasteiger partial charge is 0.308 e. The van der Waals surface area contributed by atoms with Gasteiger partial charge in [0.1, 0.15) is 0 Å². The van der Waals surface area contributed by atoms with E-state index in [1.54, 1.807) is 7.05 Å². The Balaban J connectivity index is 1.80. The first-order valence-electron chi connectivity index (χ1n) is 8.99. The molecule has 1 aromatic heterocycles. The van der Waals surface area contributed by atoms with Crippen molar-refractivity contribution in [3.8, 4) is 0 Å². The van der Waals surface area contributed by atoms with Gasteiger partial charge >= 0.3 is 5.97 Å². The third kappa shape index (κ3) is 5.21. The zero-order chi connectivity index (χ0) is 18.4. The molecule has 0 saturated carbocycles. The van der Waals surface area contributed by atoms with Gasteiger partial charge in [-0.05, 0) is 38.7 Å². The van der Waals surface area contributed by atoms with Gasteiger partial charge in [-0.3, -0.25) is 14.5 Å². The van der Waals surface area contributed by atoms with E-state index in [1.165, 1.54) is 12.8 Å². The van der Waals surface area contributed by atoms with Gasteiger partial charge in [0.25, 0.3) is 0 Å². The summed E-state index contributed by atoms with van der Waals surface area (Å²) >= 11 is 0. The predicted octanol–water partition coefficient (Wildman–Crippen LogP) is 1.60. The molecule has 2 heterocycles. The lowest BCUT2D eigenvalue weighted by atomic mass is 9.97. The Hall–Kier alpha value is -2.05. The second-order valence-corrected chi connectivity index (χ2v) is 6.93. The van der Waals surface area contributed by atoms with Crippen LogP contribution in [-0.4, -0.2) is 60.4 Å². The van der Waals surface area contributed by atoms with E-state index in [1.807, 2.05) is 6.92 Å². The molecule has 25 heavy (non-hydrogen) atoms. The zero-order valence-corrected chi connectivity index (χ0v) is 16.1. The van der Waals surface area contributed by atoms with E-state index in [9.17, 15) is 4.79 Å². The maximum absolute atomic E-state index is 11.6. The SMILES string of the molecule is CN=C(NCC(C)Cn1nc(C)cc1C)N1CCC(C(=O)OC)CC1.